The summed E-state index contributed by atoms with van der Waals surface area (Å²) < 4.78 is 5.79. The van der Waals surface area contributed by atoms with E-state index in [4.69, 9.17) is 4.74 Å². The van der Waals surface area contributed by atoms with Crippen molar-refractivity contribution >= 4 is 0 Å². The zero-order chi connectivity index (χ0) is 11.8. The molecule has 0 aliphatic heterocycles. The summed E-state index contributed by atoms with van der Waals surface area (Å²) in [6.45, 7) is 9.07. The topological polar surface area (TPSA) is 21.3 Å². The molecule has 1 aromatic rings. The molecule has 0 aliphatic carbocycles. The molecule has 16 heavy (non-hydrogen) atoms. The number of hydrogen-bond donors (Lipinski definition) is 1. The van der Waals surface area contributed by atoms with Crippen LogP contribution in [0.1, 0.15) is 37.5 Å². The molecular weight excluding hydrogens is 198 g/mol. The van der Waals surface area contributed by atoms with Crippen molar-refractivity contribution in [1.29, 1.82) is 0 Å². The van der Waals surface area contributed by atoms with Crippen LogP contribution in [0.25, 0.3) is 0 Å². The Kier molecular flexibility index (Phi) is 6.12. The van der Waals surface area contributed by atoms with Gasteiger partial charge in [0.05, 0.1) is 6.10 Å². The monoisotopic (exact) mass is 221 g/mol. The van der Waals surface area contributed by atoms with Crippen LogP contribution in [0.4, 0.5) is 0 Å². The third-order valence-corrected chi connectivity index (χ3v) is 2.66. The zero-order valence-corrected chi connectivity index (χ0v) is 10.6. The summed E-state index contributed by atoms with van der Waals surface area (Å²) in [7, 11) is 0. The Bertz CT molecular complexity index is 299. The lowest BCUT2D eigenvalue weighted by Gasteiger charge is -2.19. The quantitative estimate of drug-likeness (QED) is 0.714. The smallest absolute Gasteiger partial charge is 0.0951 e. The predicted molar refractivity (Wildman–Crippen MR) is 68.7 cm³/mol. The summed E-state index contributed by atoms with van der Waals surface area (Å²) in [5.41, 5.74) is 2.60. The van der Waals surface area contributed by atoms with E-state index in [1.807, 2.05) is 6.92 Å². The summed E-state index contributed by atoms with van der Waals surface area (Å²) in [5, 5.41) is 3.42. The molecule has 0 amide bonds. The summed E-state index contributed by atoms with van der Waals surface area (Å²) in [6.07, 6.45) is 1.34. The number of ether oxygens (including phenoxy) is 1. The van der Waals surface area contributed by atoms with E-state index < -0.39 is 0 Å². The number of aryl methyl sites for hydroxylation is 1. The van der Waals surface area contributed by atoms with Crippen LogP contribution in [-0.4, -0.2) is 19.7 Å². The SMILES string of the molecule is CCCNCC(OCC)c1ccccc1C. The second kappa shape index (κ2) is 7.42. The van der Waals surface area contributed by atoms with E-state index in [0.29, 0.717) is 0 Å². The van der Waals surface area contributed by atoms with E-state index in [-0.39, 0.29) is 6.10 Å². The maximum absolute atomic E-state index is 5.79. The van der Waals surface area contributed by atoms with E-state index in [0.717, 1.165) is 26.1 Å². The first kappa shape index (κ1) is 13.2. The van der Waals surface area contributed by atoms with Crippen LogP contribution in [0.2, 0.25) is 0 Å². The molecule has 0 aromatic heterocycles. The second-order valence-corrected chi connectivity index (χ2v) is 4.00. The van der Waals surface area contributed by atoms with Gasteiger partial charge in [-0.1, -0.05) is 31.2 Å². The number of benzene rings is 1. The lowest BCUT2D eigenvalue weighted by Crippen LogP contribution is -2.24. The van der Waals surface area contributed by atoms with Crippen molar-refractivity contribution in [3.8, 4) is 0 Å². The summed E-state index contributed by atoms with van der Waals surface area (Å²) in [4.78, 5) is 0. The molecule has 1 unspecified atom stereocenters. The van der Waals surface area contributed by atoms with E-state index >= 15 is 0 Å². The molecule has 0 heterocycles. The first-order chi connectivity index (χ1) is 7.79. The van der Waals surface area contributed by atoms with Crippen molar-refractivity contribution in [2.24, 2.45) is 0 Å². The molecule has 1 N–H and O–H groups in total. The highest BCUT2D eigenvalue weighted by Gasteiger charge is 2.12. The molecule has 0 bridgehead atoms. The zero-order valence-electron chi connectivity index (χ0n) is 10.6. The molecule has 1 rings (SSSR count). The molecule has 0 radical (unpaired) electrons. The van der Waals surface area contributed by atoms with Crippen molar-refractivity contribution in [2.75, 3.05) is 19.7 Å². The highest BCUT2D eigenvalue weighted by atomic mass is 16.5. The van der Waals surface area contributed by atoms with Crippen LogP contribution in [-0.2, 0) is 4.74 Å². The molecule has 1 aromatic carbocycles. The second-order valence-electron chi connectivity index (χ2n) is 4.00. The molecule has 2 nitrogen and oxygen atoms in total. The van der Waals surface area contributed by atoms with Crippen LogP contribution in [0.5, 0.6) is 0 Å². The third-order valence-electron chi connectivity index (χ3n) is 2.66. The lowest BCUT2D eigenvalue weighted by atomic mass is 10.0. The Morgan fingerprint density at radius 3 is 2.62 bits per heavy atom. The number of hydrogen-bond acceptors (Lipinski definition) is 2. The minimum absolute atomic E-state index is 0.178. The van der Waals surface area contributed by atoms with Crippen molar-refractivity contribution in [3.63, 3.8) is 0 Å². The van der Waals surface area contributed by atoms with E-state index in [1.165, 1.54) is 11.1 Å². The highest BCUT2D eigenvalue weighted by molar-refractivity contribution is 5.28. The van der Waals surface area contributed by atoms with Crippen LogP contribution in [0.15, 0.2) is 24.3 Å². The minimum Gasteiger partial charge on any atom is -0.372 e. The van der Waals surface area contributed by atoms with Crippen LogP contribution in [0, 0.1) is 6.92 Å². The van der Waals surface area contributed by atoms with Gasteiger partial charge in [-0.05, 0) is 37.9 Å². The van der Waals surface area contributed by atoms with Gasteiger partial charge in [-0.15, -0.1) is 0 Å². The van der Waals surface area contributed by atoms with Crippen molar-refractivity contribution in [3.05, 3.63) is 35.4 Å². The van der Waals surface area contributed by atoms with Gasteiger partial charge in [0, 0.05) is 13.2 Å². The van der Waals surface area contributed by atoms with Gasteiger partial charge in [0.1, 0.15) is 0 Å². The Morgan fingerprint density at radius 2 is 2.00 bits per heavy atom. The first-order valence-electron chi connectivity index (χ1n) is 6.17. The molecule has 0 aliphatic rings. The van der Waals surface area contributed by atoms with E-state index in [9.17, 15) is 0 Å². The minimum atomic E-state index is 0.178. The number of nitrogens with one attached hydrogen (secondary N) is 1. The Labute approximate surface area is 99.0 Å². The first-order valence-corrected chi connectivity index (χ1v) is 6.17. The van der Waals surface area contributed by atoms with E-state index in [1.54, 1.807) is 0 Å². The molecular formula is C14H23NO. The molecule has 1 atom stereocenters. The number of rotatable bonds is 7. The third kappa shape index (κ3) is 3.95. The van der Waals surface area contributed by atoms with Gasteiger partial charge >= 0.3 is 0 Å². The molecule has 0 saturated heterocycles. The molecule has 90 valence electrons. The summed E-state index contributed by atoms with van der Waals surface area (Å²) in [6, 6.07) is 8.44. The van der Waals surface area contributed by atoms with Crippen LogP contribution < -0.4 is 5.32 Å². The Hall–Kier alpha value is -0.860. The molecule has 0 spiro atoms. The molecule has 0 saturated carbocycles. The molecule has 0 fully saturated rings. The van der Waals surface area contributed by atoms with Crippen LogP contribution in [0.3, 0.4) is 0 Å². The maximum atomic E-state index is 5.79. The lowest BCUT2D eigenvalue weighted by molar-refractivity contribution is 0.0621. The largest absolute Gasteiger partial charge is 0.372 e. The van der Waals surface area contributed by atoms with Gasteiger partial charge in [0.2, 0.25) is 0 Å². The van der Waals surface area contributed by atoms with Gasteiger partial charge < -0.3 is 10.1 Å². The average Bonchev–Trinajstić information content (AvgIpc) is 2.29. The fourth-order valence-electron chi connectivity index (χ4n) is 1.82. The van der Waals surface area contributed by atoms with Gasteiger partial charge in [0.15, 0.2) is 0 Å². The van der Waals surface area contributed by atoms with Gasteiger partial charge in [-0.2, -0.15) is 0 Å². The van der Waals surface area contributed by atoms with Gasteiger partial charge in [-0.25, -0.2) is 0 Å². The van der Waals surface area contributed by atoms with Crippen molar-refractivity contribution < 1.29 is 4.74 Å². The predicted octanol–water partition coefficient (Wildman–Crippen LogP) is 3.07. The average molecular weight is 221 g/mol. The Balaban J connectivity index is 2.65. The fraction of sp³-hybridized carbons (Fsp3) is 0.571. The van der Waals surface area contributed by atoms with E-state index in [2.05, 4.69) is 43.4 Å². The van der Waals surface area contributed by atoms with Gasteiger partial charge in [0.25, 0.3) is 0 Å². The highest BCUT2D eigenvalue weighted by Crippen LogP contribution is 2.20. The van der Waals surface area contributed by atoms with Crippen molar-refractivity contribution in [2.45, 2.75) is 33.3 Å². The standard InChI is InChI=1S/C14H23NO/c1-4-10-15-11-14(16-5-2)13-9-7-6-8-12(13)3/h6-9,14-15H,4-5,10-11H2,1-3H3. The summed E-state index contributed by atoms with van der Waals surface area (Å²) in [5.74, 6) is 0. The summed E-state index contributed by atoms with van der Waals surface area (Å²) >= 11 is 0. The maximum Gasteiger partial charge on any atom is 0.0951 e. The van der Waals surface area contributed by atoms with Gasteiger partial charge in [-0.3, -0.25) is 0 Å². The Morgan fingerprint density at radius 1 is 1.25 bits per heavy atom. The fourth-order valence-corrected chi connectivity index (χ4v) is 1.82. The normalized spacial score (nSPS) is 12.7. The van der Waals surface area contributed by atoms with Crippen LogP contribution >= 0.6 is 0 Å². The molecule has 2 heteroatoms. The van der Waals surface area contributed by atoms with Crippen molar-refractivity contribution in [1.82, 2.24) is 5.32 Å².